The van der Waals surface area contributed by atoms with E-state index in [1.807, 2.05) is 48.5 Å². The molecule has 1 saturated carbocycles. The Kier molecular flexibility index (Phi) is 5.72. The number of nitrogens with zero attached hydrogens (tertiary/aromatic N) is 1. The predicted molar refractivity (Wildman–Crippen MR) is 100 cm³/mol. The van der Waals surface area contributed by atoms with E-state index in [9.17, 15) is 4.79 Å². The molecule has 3 nitrogen and oxygen atoms in total. The number of alkyl halides is 1. The van der Waals surface area contributed by atoms with E-state index >= 15 is 4.39 Å². The second-order valence-corrected chi connectivity index (χ2v) is 7.01. The number of ether oxygens (including phenoxy) is 1. The van der Waals surface area contributed by atoms with Crippen molar-refractivity contribution in [3.63, 3.8) is 0 Å². The maximum absolute atomic E-state index is 15.7. The van der Waals surface area contributed by atoms with E-state index < -0.39 is 17.7 Å². The summed E-state index contributed by atoms with van der Waals surface area (Å²) in [4.78, 5) is 14.4. The monoisotopic (exact) mass is 355 g/mol. The Labute approximate surface area is 154 Å². The van der Waals surface area contributed by atoms with Crippen LogP contribution < -0.4 is 0 Å². The molecular weight excluding hydrogens is 329 g/mol. The molecule has 1 fully saturated rings. The van der Waals surface area contributed by atoms with Gasteiger partial charge in [-0.25, -0.2) is 9.18 Å². The van der Waals surface area contributed by atoms with Gasteiger partial charge in [0.25, 0.3) is 0 Å². The standard InChI is InChI=1S/C22H26FNO2/c1-17(19-12-7-4-8-13-19)24(16-18-10-5-3-6-11-18)20-14-9-15-22(20,23)21(25)26-2/h3-8,10-13,17,20H,9,14-16H2,1-2H3/t17-,20-,22-/m1/s1. The maximum atomic E-state index is 15.7. The Balaban J connectivity index is 1.96. The zero-order valence-electron chi connectivity index (χ0n) is 15.4. The van der Waals surface area contributed by atoms with Crippen LogP contribution in [-0.4, -0.2) is 29.7 Å². The first-order valence-corrected chi connectivity index (χ1v) is 9.18. The normalized spacial score (nSPS) is 23.8. The lowest BCUT2D eigenvalue weighted by molar-refractivity contribution is -0.159. The first-order chi connectivity index (χ1) is 12.6. The van der Waals surface area contributed by atoms with Gasteiger partial charge in [-0.05, 0) is 37.3 Å². The van der Waals surface area contributed by atoms with Crippen LogP contribution >= 0.6 is 0 Å². The number of carbonyl (C=O) groups is 1. The molecule has 0 N–H and O–H groups in total. The lowest BCUT2D eigenvalue weighted by atomic mass is 9.94. The minimum Gasteiger partial charge on any atom is -0.467 e. The van der Waals surface area contributed by atoms with Crippen molar-refractivity contribution in [3.8, 4) is 0 Å². The molecule has 1 aliphatic carbocycles. The van der Waals surface area contributed by atoms with Gasteiger partial charge in [0.15, 0.2) is 0 Å². The summed E-state index contributed by atoms with van der Waals surface area (Å²) in [5, 5.41) is 0. The summed E-state index contributed by atoms with van der Waals surface area (Å²) >= 11 is 0. The molecule has 3 atom stereocenters. The molecule has 0 unspecified atom stereocenters. The summed E-state index contributed by atoms with van der Waals surface area (Å²) in [6.45, 7) is 2.67. The molecule has 4 heteroatoms. The molecule has 0 spiro atoms. The molecule has 26 heavy (non-hydrogen) atoms. The minimum absolute atomic E-state index is 0.0145. The van der Waals surface area contributed by atoms with E-state index in [0.29, 0.717) is 19.4 Å². The van der Waals surface area contributed by atoms with E-state index in [2.05, 4.69) is 24.0 Å². The highest BCUT2D eigenvalue weighted by Gasteiger charge is 2.54. The van der Waals surface area contributed by atoms with Crippen molar-refractivity contribution in [3.05, 3.63) is 71.8 Å². The summed E-state index contributed by atoms with van der Waals surface area (Å²) in [5.41, 5.74) is 0.268. The number of methoxy groups -OCH3 is 1. The largest absolute Gasteiger partial charge is 0.467 e. The summed E-state index contributed by atoms with van der Waals surface area (Å²) in [6.07, 6.45) is 1.55. The fourth-order valence-electron chi connectivity index (χ4n) is 4.02. The van der Waals surface area contributed by atoms with Gasteiger partial charge in [-0.2, -0.15) is 0 Å². The van der Waals surface area contributed by atoms with Gasteiger partial charge in [0, 0.05) is 12.6 Å². The van der Waals surface area contributed by atoms with Crippen LogP contribution in [0.2, 0.25) is 0 Å². The smallest absolute Gasteiger partial charge is 0.345 e. The van der Waals surface area contributed by atoms with Gasteiger partial charge in [0.1, 0.15) is 0 Å². The average Bonchev–Trinajstić information content (AvgIpc) is 3.09. The molecule has 0 saturated heterocycles. The molecule has 1 aliphatic rings. The van der Waals surface area contributed by atoms with Crippen molar-refractivity contribution in [2.75, 3.05) is 7.11 Å². The third-order valence-corrected chi connectivity index (χ3v) is 5.46. The zero-order chi connectivity index (χ0) is 18.6. The molecule has 0 amide bonds. The van der Waals surface area contributed by atoms with Gasteiger partial charge in [-0.15, -0.1) is 0 Å². The molecule has 0 heterocycles. The Morgan fingerprint density at radius 1 is 1.19 bits per heavy atom. The van der Waals surface area contributed by atoms with Crippen LogP contribution in [0.4, 0.5) is 4.39 Å². The minimum atomic E-state index is -1.95. The zero-order valence-corrected chi connectivity index (χ0v) is 15.4. The fourth-order valence-corrected chi connectivity index (χ4v) is 4.02. The number of hydrogen-bond acceptors (Lipinski definition) is 3. The summed E-state index contributed by atoms with van der Waals surface area (Å²) in [7, 11) is 1.27. The number of halogens is 1. The molecule has 2 aromatic carbocycles. The molecular formula is C22H26FNO2. The highest BCUT2D eigenvalue weighted by atomic mass is 19.1. The number of hydrogen-bond donors (Lipinski definition) is 0. The third kappa shape index (κ3) is 3.65. The van der Waals surface area contributed by atoms with E-state index in [1.165, 1.54) is 7.11 Å². The lowest BCUT2D eigenvalue weighted by Gasteiger charge is -2.39. The molecule has 0 radical (unpaired) electrons. The number of benzene rings is 2. The van der Waals surface area contributed by atoms with Gasteiger partial charge >= 0.3 is 5.97 Å². The van der Waals surface area contributed by atoms with Gasteiger partial charge in [-0.3, -0.25) is 4.90 Å². The van der Waals surface area contributed by atoms with Crippen LogP contribution in [0.3, 0.4) is 0 Å². The van der Waals surface area contributed by atoms with Crippen molar-refractivity contribution >= 4 is 5.97 Å². The molecule has 3 rings (SSSR count). The van der Waals surface area contributed by atoms with E-state index in [1.54, 1.807) is 0 Å². The maximum Gasteiger partial charge on any atom is 0.345 e. The first-order valence-electron chi connectivity index (χ1n) is 9.18. The first kappa shape index (κ1) is 18.6. The van der Waals surface area contributed by atoms with E-state index in [0.717, 1.165) is 11.1 Å². The lowest BCUT2D eigenvalue weighted by Crippen LogP contribution is -2.52. The SMILES string of the molecule is COC(=O)[C@@]1(F)CCC[C@H]1N(Cc1ccccc1)[C@H](C)c1ccccc1. The Bertz CT molecular complexity index is 721. The van der Waals surface area contributed by atoms with Crippen LogP contribution in [0.15, 0.2) is 60.7 Å². The van der Waals surface area contributed by atoms with Crippen LogP contribution in [0.1, 0.15) is 43.4 Å². The number of carbonyl (C=O) groups excluding carboxylic acids is 1. The summed E-state index contributed by atoms with van der Waals surface area (Å²) in [6, 6.07) is 19.6. The van der Waals surface area contributed by atoms with Crippen LogP contribution in [0.5, 0.6) is 0 Å². The van der Waals surface area contributed by atoms with Crippen LogP contribution in [0, 0.1) is 0 Å². The van der Waals surface area contributed by atoms with E-state index in [4.69, 9.17) is 4.74 Å². The van der Waals surface area contributed by atoms with Gasteiger partial charge in [-0.1, -0.05) is 60.7 Å². The predicted octanol–water partition coefficient (Wildman–Crippen LogP) is 4.68. The van der Waals surface area contributed by atoms with Gasteiger partial charge < -0.3 is 4.74 Å². The van der Waals surface area contributed by atoms with Crippen molar-refractivity contribution in [2.24, 2.45) is 0 Å². The van der Waals surface area contributed by atoms with Crippen molar-refractivity contribution in [2.45, 2.75) is 50.5 Å². The van der Waals surface area contributed by atoms with Crippen molar-refractivity contribution in [1.82, 2.24) is 4.90 Å². The Hall–Kier alpha value is -2.20. The van der Waals surface area contributed by atoms with Crippen molar-refractivity contribution < 1.29 is 13.9 Å². The highest BCUT2D eigenvalue weighted by Crippen LogP contribution is 2.42. The van der Waals surface area contributed by atoms with Crippen molar-refractivity contribution in [1.29, 1.82) is 0 Å². The third-order valence-electron chi connectivity index (χ3n) is 5.46. The highest BCUT2D eigenvalue weighted by molar-refractivity contribution is 5.80. The quantitative estimate of drug-likeness (QED) is 0.705. The summed E-state index contributed by atoms with van der Waals surface area (Å²) in [5.74, 6) is -0.752. The van der Waals surface area contributed by atoms with Gasteiger partial charge in [0.2, 0.25) is 5.67 Å². The second kappa shape index (κ2) is 8.00. The number of rotatable bonds is 6. The Morgan fingerprint density at radius 2 is 1.81 bits per heavy atom. The van der Waals surface area contributed by atoms with Crippen LogP contribution in [-0.2, 0) is 16.1 Å². The molecule has 0 aromatic heterocycles. The summed E-state index contributed by atoms with van der Waals surface area (Å²) < 4.78 is 20.5. The fraction of sp³-hybridized carbons (Fsp3) is 0.409. The second-order valence-electron chi connectivity index (χ2n) is 7.01. The number of esters is 1. The van der Waals surface area contributed by atoms with Gasteiger partial charge in [0.05, 0.1) is 13.2 Å². The average molecular weight is 355 g/mol. The van der Waals surface area contributed by atoms with E-state index in [-0.39, 0.29) is 12.5 Å². The molecule has 2 aromatic rings. The topological polar surface area (TPSA) is 29.5 Å². The molecule has 0 bridgehead atoms. The van der Waals surface area contributed by atoms with Crippen LogP contribution in [0.25, 0.3) is 0 Å². The Morgan fingerprint density at radius 3 is 2.42 bits per heavy atom. The molecule has 138 valence electrons. The molecule has 0 aliphatic heterocycles.